The average molecular weight is 222 g/mol. The van der Waals surface area contributed by atoms with Gasteiger partial charge in [0.2, 0.25) is 5.96 Å². The van der Waals surface area contributed by atoms with Gasteiger partial charge in [0.15, 0.2) is 0 Å². The van der Waals surface area contributed by atoms with Crippen LogP contribution in [0.4, 0.5) is 0 Å². The van der Waals surface area contributed by atoms with Crippen molar-refractivity contribution in [3.8, 4) is 0 Å². The fraction of sp³-hybridized carbons (Fsp3) is 0.818. The van der Waals surface area contributed by atoms with Gasteiger partial charge in [0.25, 0.3) is 0 Å². The molecule has 88 valence electrons. The van der Waals surface area contributed by atoms with E-state index in [1.54, 1.807) is 0 Å². The van der Waals surface area contributed by atoms with Crippen molar-refractivity contribution in [2.24, 2.45) is 28.6 Å². The van der Waals surface area contributed by atoms with E-state index in [0.29, 0.717) is 17.8 Å². The monoisotopic (exact) mass is 222 g/mol. The lowest BCUT2D eigenvalue weighted by molar-refractivity contribution is -0.0825. The number of aliphatic hydroxyl groups is 1. The number of nitrogens with zero attached hydrogens (tertiary/aromatic N) is 1. The quantitative estimate of drug-likeness (QED) is 0.294. The Morgan fingerprint density at radius 2 is 2.00 bits per heavy atom. The Balaban J connectivity index is 1.83. The maximum atomic E-state index is 10.4. The minimum absolute atomic E-state index is 0.111. The van der Waals surface area contributed by atoms with E-state index in [-0.39, 0.29) is 5.96 Å². The Bertz CT molecular complexity index is 347. The first-order valence-electron chi connectivity index (χ1n) is 5.96. The molecule has 0 aliphatic heterocycles. The predicted octanol–water partition coefficient (Wildman–Crippen LogP) is 0.396. The van der Waals surface area contributed by atoms with Gasteiger partial charge in [0.1, 0.15) is 0 Å². The van der Waals surface area contributed by atoms with Crippen molar-refractivity contribution in [2.45, 2.75) is 37.7 Å². The molecule has 0 aromatic carbocycles. The first kappa shape index (κ1) is 10.1. The van der Waals surface area contributed by atoms with E-state index < -0.39 is 5.60 Å². The Kier molecular flexibility index (Phi) is 2.01. The maximum absolute atomic E-state index is 10.4. The van der Waals surface area contributed by atoms with Gasteiger partial charge in [-0.05, 0) is 38.0 Å². The van der Waals surface area contributed by atoms with Gasteiger partial charge in [0, 0.05) is 17.5 Å². The second kappa shape index (κ2) is 3.20. The molecule has 0 radical (unpaired) electrons. The van der Waals surface area contributed by atoms with E-state index in [4.69, 9.17) is 11.1 Å². The molecule has 4 saturated carbocycles. The fourth-order valence-corrected chi connectivity index (χ4v) is 4.03. The molecule has 0 spiro atoms. The SMILES string of the molecule is N=C(N)NN=C1C2CC3CC1CC(O)(C3)C2. The number of nitrogens with two attached hydrogens (primary N) is 1. The summed E-state index contributed by atoms with van der Waals surface area (Å²) in [6.45, 7) is 0. The normalized spacial score (nSPS) is 44.6. The zero-order valence-corrected chi connectivity index (χ0v) is 9.24. The summed E-state index contributed by atoms with van der Waals surface area (Å²) >= 11 is 0. The topological polar surface area (TPSA) is 94.5 Å². The van der Waals surface area contributed by atoms with Crippen molar-refractivity contribution >= 4 is 11.7 Å². The molecule has 5 nitrogen and oxygen atoms in total. The molecule has 5 heteroatoms. The summed E-state index contributed by atoms with van der Waals surface area (Å²) in [7, 11) is 0. The highest BCUT2D eigenvalue weighted by Crippen LogP contribution is 2.54. The molecule has 4 aliphatic carbocycles. The minimum atomic E-state index is -0.425. The molecule has 0 aromatic rings. The molecule has 0 amide bonds. The van der Waals surface area contributed by atoms with Gasteiger partial charge in [-0.2, -0.15) is 5.10 Å². The first-order chi connectivity index (χ1) is 7.56. The minimum Gasteiger partial charge on any atom is -0.390 e. The molecule has 0 saturated heterocycles. The van der Waals surface area contributed by atoms with Crippen LogP contribution in [0.25, 0.3) is 0 Å². The summed E-state index contributed by atoms with van der Waals surface area (Å²) in [6, 6.07) is 0. The smallest absolute Gasteiger partial charge is 0.206 e. The summed E-state index contributed by atoms with van der Waals surface area (Å²) < 4.78 is 0. The second-order valence-electron chi connectivity index (χ2n) is 5.63. The maximum Gasteiger partial charge on any atom is 0.206 e. The molecule has 0 aromatic heterocycles. The van der Waals surface area contributed by atoms with Gasteiger partial charge >= 0.3 is 0 Å². The molecular weight excluding hydrogens is 204 g/mol. The van der Waals surface area contributed by atoms with Crippen LogP contribution in [0.1, 0.15) is 32.1 Å². The lowest BCUT2D eigenvalue weighted by atomic mass is 9.53. The van der Waals surface area contributed by atoms with Crippen LogP contribution in [0.5, 0.6) is 0 Å². The summed E-state index contributed by atoms with van der Waals surface area (Å²) in [4.78, 5) is 0. The van der Waals surface area contributed by atoms with Gasteiger partial charge in [-0.15, -0.1) is 0 Å². The van der Waals surface area contributed by atoms with Crippen molar-refractivity contribution < 1.29 is 5.11 Å². The molecule has 2 atom stereocenters. The van der Waals surface area contributed by atoms with Crippen molar-refractivity contribution in [1.82, 2.24) is 5.43 Å². The summed E-state index contributed by atoms with van der Waals surface area (Å²) in [6.07, 6.45) is 4.97. The molecule has 5 N–H and O–H groups in total. The predicted molar refractivity (Wildman–Crippen MR) is 61.0 cm³/mol. The standard InChI is InChI=1S/C11H18N4O/c12-10(13)15-14-9-7-1-6-2-8(9)5-11(16,3-6)4-7/h6-8,16H,1-5H2,(H4,12,13,15). The molecule has 4 bridgehead atoms. The van der Waals surface area contributed by atoms with Gasteiger partial charge < -0.3 is 10.8 Å². The lowest BCUT2D eigenvalue weighted by Gasteiger charge is -2.54. The number of hydrazone groups is 1. The van der Waals surface area contributed by atoms with Crippen LogP contribution in [-0.4, -0.2) is 22.4 Å². The van der Waals surface area contributed by atoms with E-state index in [1.807, 2.05) is 0 Å². The van der Waals surface area contributed by atoms with Crippen LogP contribution in [-0.2, 0) is 0 Å². The third kappa shape index (κ3) is 1.50. The summed E-state index contributed by atoms with van der Waals surface area (Å²) in [5, 5.41) is 21.7. The van der Waals surface area contributed by atoms with Crippen LogP contribution >= 0.6 is 0 Å². The van der Waals surface area contributed by atoms with Gasteiger partial charge in [0.05, 0.1) is 5.60 Å². The highest BCUT2D eigenvalue weighted by atomic mass is 16.3. The zero-order valence-electron chi connectivity index (χ0n) is 9.24. The fourth-order valence-electron chi connectivity index (χ4n) is 4.03. The van der Waals surface area contributed by atoms with Crippen molar-refractivity contribution in [2.75, 3.05) is 0 Å². The van der Waals surface area contributed by atoms with Gasteiger partial charge in [-0.1, -0.05) is 0 Å². The molecule has 4 rings (SSSR count). The van der Waals surface area contributed by atoms with Crippen molar-refractivity contribution in [1.29, 1.82) is 5.41 Å². The molecule has 2 unspecified atom stereocenters. The van der Waals surface area contributed by atoms with E-state index in [0.717, 1.165) is 37.8 Å². The van der Waals surface area contributed by atoms with Crippen LogP contribution in [0.3, 0.4) is 0 Å². The number of hydrogen-bond donors (Lipinski definition) is 4. The number of guanidine groups is 1. The van der Waals surface area contributed by atoms with Crippen LogP contribution in [0.15, 0.2) is 5.10 Å². The number of hydrogen-bond acceptors (Lipinski definition) is 3. The van der Waals surface area contributed by atoms with Gasteiger partial charge in [-0.3, -0.25) is 5.41 Å². The molecule has 4 aliphatic rings. The molecule has 16 heavy (non-hydrogen) atoms. The largest absolute Gasteiger partial charge is 0.390 e. The number of rotatable bonds is 1. The highest BCUT2D eigenvalue weighted by Gasteiger charge is 2.53. The van der Waals surface area contributed by atoms with Crippen molar-refractivity contribution in [3.63, 3.8) is 0 Å². The summed E-state index contributed by atoms with van der Waals surface area (Å²) in [5.74, 6) is 1.38. The highest BCUT2D eigenvalue weighted by molar-refractivity contribution is 5.92. The Hall–Kier alpha value is -1.10. The van der Waals surface area contributed by atoms with E-state index in [1.165, 1.54) is 0 Å². The average Bonchev–Trinajstić information content (AvgIpc) is 2.13. The van der Waals surface area contributed by atoms with E-state index in [9.17, 15) is 5.11 Å². The van der Waals surface area contributed by atoms with Crippen molar-refractivity contribution in [3.05, 3.63) is 0 Å². The summed E-state index contributed by atoms with van der Waals surface area (Å²) in [5.41, 5.74) is 8.50. The van der Waals surface area contributed by atoms with Crippen LogP contribution < -0.4 is 11.2 Å². The second-order valence-corrected chi connectivity index (χ2v) is 5.63. The Labute approximate surface area is 94.6 Å². The Morgan fingerprint density at radius 3 is 2.50 bits per heavy atom. The third-order valence-electron chi connectivity index (χ3n) is 4.30. The van der Waals surface area contributed by atoms with E-state index >= 15 is 0 Å². The first-order valence-corrected chi connectivity index (χ1v) is 5.96. The molecule has 4 fully saturated rings. The number of nitrogens with one attached hydrogen (secondary N) is 2. The molecule has 0 heterocycles. The van der Waals surface area contributed by atoms with Crippen LogP contribution in [0.2, 0.25) is 0 Å². The van der Waals surface area contributed by atoms with Gasteiger partial charge in [-0.25, -0.2) is 5.43 Å². The third-order valence-corrected chi connectivity index (χ3v) is 4.30. The lowest BCUT2D eigenvalue weighted by Crippen LogP contribution is -2.55. The zero-order chi connectivity index (χ0) is 11.3. The molecular formula is C11H18N4O. The van der Waals surface area contributed by atoms with E-state index in [2.05, 4.69) is 10.5 Å². The van der Waals surface area contributed by atoms with Crippen LogP contribution in [0, 0.1) is 23.2 Å². The Morgan fingerprint density at radius 1 is 1.38 bits per heavy atom.